The van der Waals surface area contributed by atoms with Crippen molar-refractivity contribution in [3.63, 3.8) is 0 Å². The largest absolute Gasteiger partial charge is 0.441 e. The molecule has 4 heterocycles. The van der Waals surface area contributed by atoms with Crippen LogP contribution in [0.5, 0.6) is 0 Å². The molecule has 33 heavy (non-hydrogen) atoms. The highest BCUT2D eigenvalue weighted by atomic mass is 35.5. The average Bonchev–Trinajstić information content (AvgIpc) is 3.44. The van der Waals surface area contributed by atoms with Crippen LogP contribution in [0.2, 0.25) is 10.0 Å². The number of oxazole rings is 1. The monoisotopic (exact) mass is 483 g/mol. The third-order valence-corrected chi connectivity index (χ3v) is 6.38. The summed E-state index contributed by atoms with van der Waals surface area (Å²) in [6, 6.07) is 11.2. The Morgan fingerprint density at radius 3 is 2.73 bits per heavy atom. The molecule has 1 saturated heterocycles. The molecule has 1 aliphatic heterocycles. The fraction of sp³-hybridized carbons (Fsp3) is 0.292. The first-order valence-electron chi connectivity index (χ1n) is 10.9. The molecule has 1 amide bonds. The van der Waals surface area contributed by atoms with E-state index in [1.54, 1.807) is 24.4 Å². The highest BCUT2D eigenvalue weighted by Crippen LogP contribution is 2.30. The van der Waals surface area contributed by atoms with Crippen LogP contribution in [0.1, 0.15) is 18.0 Å². The van der Waals surface area contributed by atoms with Gasteiger partial charge in [-0.15, -0.1) is 0 Å². The lowest BCUT2D eigenvalue weighted by molar-refractivity contribution is -0.133. The van der Waals surface area contributed by atoms with E-state index in [0.717, 1.165) is 36.5 Å². The van der Waals surface area contributed by atoms with E-state index in [1.807, 2.05) is 33.7 Å². The van der Waals surface area contributed by atoms with Crippen LogP contribution in [0.25, 0.3) is 17.0 Å². The van der Waals surface area contributed by atoms with Crippen molar-refractivity contribution in [2.45, 2.75) is 19.4 Å². The van der Waals surface area contributed by atoms with Crippen LogP contribution in [0.3, 0.4) is 0 Å². The Labute approximate surface area is 201 Å². The standard InChI is InChI=1S/C24H23Cl2N5O2/c25-17-4-5-19(20(26)13-17)21-14-27-23(33-21)6-7-24(32)30-11-9-29(10-12-30)15-18-16-31-8-2-1-3-22(31)28-18/h1-5,8,13-14,16H,6-7,9-12,15H2. The minimum atomic E-state index is 0.117. The third-order valence-electron chi connectivity index (χ3n) is 5.83. The maximum absolute atomic E-state index is 12.7. The van der Waals surface area contributed by atoms with Gasteiger partial charge in [0.1, 0.15) is 5.65 Å². The second-order valence-electron chi connectivity index (χ2n) is 8.10. The van der Waals surface area contributed by atoms with Gasteiger partial charge in [0.2, 0.25) is 5.91 Å². The van der Waals surface area contributed by atoms with Gasteiger partial charge < -0.3 is 13.7 Å². The number of amides is 1. The molecule has 0 unspecified atom stereocenters. The van der Waals surface area contributed by atoms with E-state index in [1.165, 1.54) is 0 Å². The zero-order valence-electron chi connectivity index (χ0n) is 18.0. The molecular formula is C24H23Cl2N5O2. The SMILES string of the molecule is O=C(CCc1ncc(-c2ccc(Cl)cc2Cl)o1)N1CCN(Cc2cn3ccccc3n2)CC1. The molecule has 7 nitrogen and oxygen atoms in total. The summed E-state index contributed by atoms with van der Waals surface area (Å²) in [5, 5.41) is 1.07. The Kier molecular flexibility index (Phi) is 6.35. The minimum absolute atomic E-state index is 0.117. The van der Waals surface area contributed by atoms with Crippen LogP contribution in [0, 0.1) is 0 Å². The quantitative estimate of drug-likeness (QED) is 0.401. The van der Waals surface area contributed by atoms with Crippen LogP contribution in [0.4, 0.5) is 0 Å². The van der Waals surface area contributed by atoms with Crippen LogP contribution in [-0.4, -0.2) is 56.3 Å². The lowest BCUT2D eigenvalue weighted by Gasteiger charge is -2.34. The first-order chi connectivity index (χ1) is 16.0. The maximum Gasteiger partial charge on any atom is 0.223 e. The van der Waals surface area contributed by atoms with Crippen molar-refractivity contribution in [1.82, 2.24) is 24.2 Å². The smallest absolute Gasteiger partial charge is 0.223 e. The van der Waals surface area contributed by atoms with Gasteiger partial charge in [0.25, 0.3) is 0 Å². The Bertz CT molecular complexity index is 1240. The zero-order valence-corrected chi connectivity index (χ0v) is 19.5. The number of aryl methyl sites for hydroxylation is 1. The second kappa shape index (κ2) is 9.55. The Hall–Kier alpha value is -2.87. The van der Waals surface area contributed by atoms with Gasteiger partial charge >= 0.3 is 0 Å². The number of benzene rings is 1. The summed E-state index contributed by atoms with van der Waals surface area (Å²) >= 11 is 12.2. The highest BCUT2D eigenvalue weighted by Gasteiger charge is 2.22. The average molecular weight is 484 g/mol. The predicted molar refractivity (Wildman–Crippen MR) is 127 cm³/mol. The third kappa shape index (κ3) is 5.05. The van der Waals surface area contributed by atoms with E-state index in [-0.39, 0.29) is 5.91 Å². The molecule has 3 aromatic heterocycles. The van der Waals surface area contributed by atoms with Gasteiger partial charge in [-0.3, -0.25) is 9.69 Å². The van der Waals surface area contributed by atoms with E-state index in [9.17, 15) is 4.79 Å². The number of imidazole rings is 1. The molecule has 170 valence electrons. The van der Waals surface area contributed by atoms with E-state index < -0.39 is 0 Å². The molecule has 0 atom stereocenters. The Morgan fingerprint density at radius 2 is 1.94 bits per heavy atom. The minimum Gasteiger partial charge on any atom is -0.441 e. The Balaban J connectivity index is 1.11. The molecule has 0 radical (unpaired) electrons. The fourth-order valence-corrected chi connectivity index (χ4v) is 4.56. The number of hydrogen-bond donors (Lipinski definition) is 0. The van der Waals surface area contributed by atoms with Gasteiger partial charge in [0.15, 0.2) is 11.7 Å². The van der Waals surface area contributed by atoms with Gasteiger partial charge in [-0.2, -0.15) is 0 Å². The van der Waals surface area contributed by atoms with Crippen LogP contribution in [-0.2, 0) is 17.8 Å². The van der Waals surface area contributed by atoms with Gasteiger partial charge in [-0.25, -0.2) is 9.97 Å². The summed E-state index contributed by atoms with van der Waals surface area (Å²) in [5.74, 6) is 1.21. The molecular weight excluding hydrogens is 461 g/mol. The van der Waals surface area contributed by atoms with Gasteiger partial charge in [-0.05, 0) is 30.3 Å². The molecule has 0 aliphatic carbocycles. The van der Waals surface area contributed by atoms with Gasteiger partial charge in [0.05, 0.1) is 16.9 Å². The topological polar surface area (TPSA) is 66.9 Å². The predicted octanol–water partition coefficient (Wildman–Crippen LogP) is 4.57. The molecule has 5 rings (SSSR count). The second-order valence-corrected chi connectivity index (χ2v) is 8.94. The van der Waals surface area contributed by atoms with E-state index >= 15 is 0 Å². The van der Waals surface area contributed by atoms with Crippen molar-refractivity contribution in [1.29, 1.82) is 0 Å². The van der Waals surface area contributed by atoms with Crippen molar-refractivity contribution >= 4 is 34.8 Å². The van der Waals surface area contributed by atoms with E-state index in [4.69, 9.17) is 27.6 Å². The van der Waals surface area contributed by atoms with Crippen LogP contribution < -0.4 is 0 Å². The molecule has 4 aromatic rings. The summed E-state index contributed by atoms with van der Waals surface area (Å²) in [6.07, 6.45) is 6.51. The number of carbonyl (C=O) groups is 1. The number of fused-ring (bicyclic) bond motifs is 1. The first kappa shape index (κ1) is 21.9. The normalized spacial score (nSPS) is 14.8. The lowest BCUT2D eigenvalue weighted by Crippen LogP contribution is -2.48. The number of aromatic nitrogens is 3. The van der Waals surface area contributed by atoms with E-state index in [0.29, 0.717) is 47.6 Å². The number of hydrogen-bond acceptors (Lipinski definition) is 5. The summed E-state index contributed by atoms with van der Waals surface area (Å²) in [7, 11) is 0. The Morgan fingerprint density at radius 1 is 1.09 bits per heavy atom. The molecule has 0 bridgehead atoms. The number of pyridine rings is 1. The molecule has 9 heteroatoms. The number of rotatable bonds is 6. The summed E-state index contributed by atoms with van der Waals surface area (Å²) in [5.41, 5.74) is 2.73. The summed E-state index contributed by atoms with van der Waals surface area (Å²) in [4.78, 5) is 25.9. The highest BCUT2D eigenvalue weighted by molar-refractivity contribution is 6.36. The number of halogens is 2. The number of nitrogens with zero attached hydrogens (tertiary/aromatic N) is 5. The maximum atomic E-state index is 12.7. The molecule has 0 spiro atoms. The first-order valence-corrected chi connectivity index (χ1v) is 11.6. The molecule has 0 N–H and O–H groups in total. The molecule has 1 aliphatic rings. The van der Waals surface area contributed by atoms with Crippen molar-refractivity contribution in [2.75, 3.05) is 26.2 Å². The number of carbonyl (C=O) groups excluding carboxylic acids is 1. The van der Waals surface area contributed by atoms with Crippen molar-refractivity contribution in [3.8, 4) is 11.3 Å². The van der Waals surface area contributed by atoms with Gasteiger partial charge in [0, 0.05) is 68.5 Å². The summed E-state index contributed by atoms with van der Waals surface area (Å²) < 4.78 is 7.84. The fourth-order valence-electron chi connectivity index (χ4n) is 4.06. The van der Waals surface area contributed by atoms with Crippen LogP contribution >= 0.6 is 23.2 Å². The summed E-state index contributed by atoms with van der Waals surface area (Å²) in [6.45, 7) is 3.87. The van der Waals surface area contributed by atoms with Crippen molar-refractivity contribution in [3.05, 3.63) is 76.6 Å². The molecule has 0 saturated carbocycles. The van der Waals surface area contributed by atoms with Crippen LogP contribution in [0.15, 0.2) is 59.4 Å². The van der Waals surface area contributed by atoms with Crippen molar-refractivity contribution < 1.29 is 9.21 Å². The van der Waals surface area contributed by atoms with Gasteiger partial charge in [-0.1, -0.05) is 29.3 Å². The molecule has 1 fully saturated rings. The van der Waals surface area contributed by atoms with E-state index in [2.05, 4.69) is 21.1 Å². The zero-order chi connectivity index (χ0) is 22.8. The molecule has 1 aromatic carbocycles. The van der Waals surface area contributed by atoms with Crippen molar-refractivity contribution in [2.24, 2.45) is 0 Å². The lowest BCUT2D eigenvalue weighted by atomic mass is 10.2. The number of piperazine rings is 1.